The van der Waals surface area contributed by atoms with Crippen LogP contribution in [0.4, 0.5) is 0 Å². The third-order valence-corrected chi connectivity index (χ3v) is 6.27. The van der Waals surface area contributed by atoms with E-state index in [1.165, 1.54) is 22.3 Å². The molecule has 1 aromatic rings. The topological polar surface area (TPSA) is 57.2 Å². The molecule has 0 atom stereocenters. The number of nitrogens with zero attached hydrogens (tertiary/aromatic N) is 3. The Kier molecular flexibility index (Phi) is 8.14. The zero-order valence-electron chi connectivity index (χ0n) is 19.2. The molecular weight excluding hydrogens is 376 g/mol. The summed E-state index contributed by atoms with van der Waals surface area (Å²) in [5.74, 6) is 1.43. The number of likely N-dealkylation sites (tertiary alicyclic amines) is 1. The van der Waals surface area contributed by atoms with Gasteiger partial charge in [-0.2, -0.15) is 0 Å². The standard InChI is InChI=1S/C24H38N4O2/c1-5-25-24(26-9-6-22-19(3)16-18(2)17-20(22)4)28-10-7-21(8-11-28)23(29)27-12-14-30-15-13-27/h16-17,21H,5-15H2,1-4H3,(H,25,26). The number of guanidine groups is 1. The highest BCUT2D eigenvalue weighted by atomic mass is 16.5. The number of aliphatic imine (C=N–C) groups is 1. The molecular formula is C24H38N4O2. The SMILES string of the molecule is CCNC(=NCCc1c(C)cc(C)cc1C)N1CCC(C(=O)N2CCOCC2)CC1. The molecule has 0 aromatic heterocycles. The van der Waals surface area contributed by atoms with Crippen LogP contribution >= 0.6 is 0 Å². The Balaban J connectivity index is 1.55. The van der Waals surface area contributed by atoms with Gasteiger partial charge in [0.2, 0.25) is 5.91 Å². The fourth-order valence-corrected chi connectivity index (χ4v) is 4.68. The van der Waals surface area contributed by atoms with Gasteiger partial charge in [-0.25, -0.2) is 0 Å². The molecule has 2 aliphatic heterocycles. The van der Waals surface area contributed by atoms with Crippen molar-refractivity contribution in [2.24, 2.45) is 10.9 Å². The highest BCUT2D eigenvalue weighted by Crippen LogP contribution is 2.21. The number of nitrogens with one attached hydrogen (secondary N) is 1. The van der Waals surface area contributed by atoms with Crippen molar-refractivity contribution >= 4 is 11.9 Å². The normalized spacial score (nSPS) is 18.6. The van der Waals surface area contributed by atoms with E-state index in [1.807, 2.05) is 4.90 Å². The molecule has 2 saturated heterocycles. The molecule has 2 heterocycles. The van der Waals surface area contributed by atoms with Crippen LogP contribution in [0.25, 0.3) is 0 Å². The first-order chi connectivity index (χ1) is 14.5. The van der Waals surface area contributed by atoms with E-state index in [0.717, 1.165) is 64.5 Å². The number of carbonyl (C=O) groups is 1. The first-order valence-corrected chi connectivity index (χ1v) is 11.5. The second-order valence-corrected chi connectivity index (χ2v) is 8.56. The summed E-state index contributed by atoms with van der Waals surface area (Å²) in [6, 6.07) is 4.51. The van der Waals surface area contributed by atoms with Gasteiger partial charge in [-0.3, -0.25) is 9.79 Å². The summed E-state index contributed by atoms with van der Waals surface area (Å²) in [5.41, 5.74) is 5.44. The minimum absolute atomic E-state index is 0.139. The molecule has 30 heavy (non-hydrogen) atoms. The first kappa shape index (κ1) is 22.6. The van der Waals surface area contributed by atoms with Crippen molar-refractivity contribution in [2.75, 3.05) is 52.5 Å². The Bertz CT molecular complexity index is 725. The number of hydrogen-bond donors (Lipinski definition) is 1. The molecule has 2 fully saturated rings. The monoisotopic (exact) mass is 414 g/mol. The number of aryl methyl sites for hydroxylation is 3. The Morgan fingerprint density at radius 2 is 1.70 bits per heavy atom. The van der Waals surface area contributed by atoms with Crippen molar-refractivity contribution in [3.8, 4) is 0 Å². The molecule has 6 nitrogen and oxygen atoms in total. The van der Waals surface area contributed by atoms with Gasteiger partial charge in [0.15, 0.2) is 5.96 Å². The second-order valence-electron chi connectivity index (χ2n) is 8.56. The van der Waals surface area contributed by atoms with Crippen molar-refractivity contribution in [3.63, 3.8) is 0 Å². The summed E-state index contributed by atoms with van der Waals surface area (Å²) < 4.78 is 5.38. The molecule has 3 rings (SSSR count). The summed E-state index contributed by atoms with van der Waals surface area (Å²) in [6.45, 7) is 14.9. The zero-order valence-corrected chi connectivity index (χ0v) is 19.2. The summed E-state index contributed by atoms with van der Waals surface area (Å²) in [5, 5.41) is 3.45. The lowest BCUT2D eigenvalue weighted by molar-refractivity contribution is -0.140. The summed E-state index contributed by atoms with van der Waals surface area (Å²) >= 11 is 0. The molecule has 1 aromatic carbocycles. The lowest BCUT2D eigenvalue weighted by atomic mass is 9.95. The second kappa shape index (κ2) is 10.8. The van der Waals surface area contributed by atoms with Crippen LogP contribution in [0, 0.1) is 26.7 Å². The van der Waals surface area contributed by atoms with Crippen LogP contribution in [0.15, 0.2) is 17.1 Å². The van der Waals surface area contributed by atoms with Crippen LogP contribution < -0.4 is 5.32 Å². The van der Waals surface area contributed by atoms with Crippen molar-refractivity contribution in [3.05, 3.63) is 34.4 Å². The average molecular weight is 415 g/mol. The van der Waals surface area contributed by atoms with Gasteiger partial charge >= 0.3 is 0 Å². The number of hydrogen-bond acceptors (Lipinski definition) is 3. The number of amides is 1. The molecule has 0 spiro atoms. The quantitative estimate of drug-likeness (QED) is 0.595. The molecule has 0 saturated carbocycles. The van der Waals surface area contributed by atoms with Crippen LogP contribution in [-0.2, 0) is 16.0 Å². The number of carbonyl (C=O) groups excluding carboxylic acids is 1. The van der Waals surface area contributed by atoms with E-state index < -0.39 is 0 Å². The van der Waals surface area contributed by atoms with Crippen LogP contribution in [0.2, 0.25) is 0 Å². The minimum atomic E-state index is 0.139. The van der Waals surface area contributed by atoms with Crippen LogP contribution in [0.5, 0.6) is 0 Å². The third kappa shape index (κ3) is 5.75. The fraction of sp³-hybridized carbons (Fsp3) is 0.667. The fourth-order valence-electron chi connectivity index (χ4n) is 4.68. The molecule has 1 N–H and O–H groups in total. The van der Waals surface area contributed by atoms with Gasteiger partial charge in [-0.05, 0) is 63.6 Å². The van der Waals surface area contributed by atoms with Crippen LogP contribution in [0.1, 0.15) is 42.0 Å². The summed E-state index contributed by atoms with van der Waals surface area (Å²) in [4.78, 5) is 22.0. The van der Waals surface area contributed by atoms with E-state index in [1.54, 1.807) is 0 Å². The van der Waals surface area contributed by atoms with Gasteiger partial charge in [-0.1, -0.05) is 17.7 Å². The van der Waals surface area contributed by atoms with Gasteiger partial charge in [-0.15, -0.1) is 0 Å². The molecule has 0 unspecified atom stereocenters. The highest BCUT2D eigenvalue weighted by molar-refractivity contribution is 5.82. The first-order valence-electron chi connectivity index (χ1n) is 11.5. The Morgan fingerprint density at radius 1 is 1.07 bits per heavy atom. The van der Waals surface area contributed by atoms with Gasteiger partial charge in [0.1, 0.15) is 0 Å². The Labute approximate surface area is 181 Å². The molecule has 0 radical (unpaired) electrons. The van der Waals surface area contributed by atoms with E-state index in [0.29, 0.717) is 19.1 Å². The lowest BCUT2D eigenvalue weighted by Crippen LogP contribution is -2.50. The number of benzene rings is 1. The molecule has 2 aliphatic rings. The third-order valence-electron chi connectivity index (χ3n) is 6.27. The van der Waals surface area contributed by atoms with Gasteiger partial charge in [0.05, 0.1) is 13.2 Å². The predicted molar refractivity (Wildman–Crippen MR) is 122 cm³/mol. The maximum atomic E-state index is 12.8. The molecule has 1 amide bonds. The maximum Gasteiger partial charge on any atom is 0.225 e. The molecule has 166 valence electrons. The van der Waals surface area contributed by atoms with Crippen molar-refractivity contribution in [1.82, 2.24) is 15.1 Å². The molecule has 0 aliphatic carbocycles. The summed E-state index contributed by atoms with van der Waals surface area (Å²) in [6.07, 6.45) is 2.76. The van der Waals surface area contributed by atoms with E-state index in [2.05, 4.69) is 50.0 Å². The van der Waals surface area contributed by atoms with E-state index in [-0.39, 0.29) is 5.92 Å². The van der Waals surface area contributed by atoms with Crippen molar-refractivity contribution in [2.45, 2.75) is 47.0 Å². The number of piperidine rings is 1. The molecule has 0 bridgehead atoms. The van der Waals surface area contributed by atoms with Crippen molar-refractivity contribution in [1.29, 1.82) is 0 Å². The zero-order chi connectivity index (χ0) is 21.5. The molecule has 6 heteroatoms. The Morgan fingerprint density at radius 3 is 2.30 bits per heavy atom. The smallest absolute Gasteiger partial charge is 0.225 e. The van der Waals surface area contributed by atoms with E-state index in [9.17, 15) is 4.79 Å². The number of rotatable bonds is 5. The Hall–Kier alpha value is -2.08. The lowest BCUT2D eigenvalue weighted by Gasteiger charge is -2.36. The van der Waals surface area contributed by atoms with Gasteiger partial charge in [0.25, 0.3) is 0 Å². The van der Waals surface area contributed by atoms with Gasteiger partial charge in [0, 0.05) is 45.2 Å². The largest absolute Gasteiger partial charge is 0.378 e. The minimum Gasteiger partial charge on any atom is -0.378 e. The number of ether oxygens (including phenoxy) is 1. The van der Waals surface area contributed by atoms with E-state index >= 15 is 0 Å². The van der Waals surface area contributed by atoms with Gasteiger partial charge < -0.3 is 19.9 Å². The van der Waals surface area contributed by atoms with Crippen molar-refractivity contribution < 1.29 is 9.53 Å². The number of morpholine rings is 1. The van der Waals surface area contributed by atoms with Crippen LogP contribution in [-0.4, -0.2) is 74.1 Å². The van der Waals surface area contributed by atoms with E-state index in [4.69, 9.17) is 9.73 Å². The average Bonchev–Trinajstić information content (AvgIpc) is 2.75. The van der Waals surface area contributed by atoms with Crippen LogP contribution in [0.3, 0.4) is 0 Å². The predicted octanol–water partition coefficient (Wildman–Crippen LogP) is 2.69. The summed E-state index contributed by atoms with van der Waals surface area (Å²) in [7, 11) is 0. The maximum absolute atomic E-state index is 12.8. The highest BCUT2D eigenvalue weighted by Gasteiger charge is 2.30.